The average Bonchev–Trinajstić information content (AvgIpc) is 2.43. The van der Waals surface area contributed by atoms with Gasteiger partial charge in [-0.3, -0.25) is 0 Å². The molecule has 0 spiro atoms. The minimum absolute atomic E-state index is 0.713. The van der Waals surface area contributed by atoms with Crippen LogP contribution in [0.4, 0.5) is 0 Å². The molecule has 0 aromatic heterocycles. The second-order valence-electron chi connectivity index (χ2n) is 4.34. The summed E-state index contributed by atoms with van der Waals surface area (Å²) in [7, 11) is 0. The van der Waals surface area contributed by atoms with Crippen LogP contribution in [0.2, 0.25) is 5.02 Å². The monoisotopic (exact) mass is 275 g/mol. The Balaban J connectivity index is 2.08. The normalized spacial score (nSPS) is 10.4. The van der Waals surface area contributed by atoms with Crippen molar-refractivity contribution in [3.8, 4) is 11.5 Å². The topological polar surface area (TPSA) is 21.3 Å². The minimum Gasteiger partial charge on any atom is -0.457 e. The molecule has 0 atom stereocenters. The Morgan fingerprint density at radius 1 is 1.05 bits per heavy atom. The predicted octanol–water partition coefficient (Wildman–Crippen LogP) is 4.63. The largest absolute Gasteiger partial charge is 0.457 e. The molecule has 0 amide bonds. The lowest BCUT2D eigenvalue weighted by atomic mass is 10.2. The summed E-state index contributed by atoms with van der Waals surface area (Å²) >= 11 is 5.86. The summed E-state index contributed by atoms with van der Waals surface area (Å²) in [6.45, 7) is 3.98. The van der Waals surface area contributed by atoms with Gasteiger partial charge in [0, 0.05) is 17.1 Å². The van der Waals surface area contributed by atoms with Crippen LogP contribution in [-0.2, 0) is 6.54 Å². The molecule has 3 heteroatoms. The van der Waals surface area contributed by atoms with E-state index >= 15 is 0 Å². The highest BCUT2D eigenvalue weighted by Crippen LogP contribution is 2.26. The molecule has 0 heterocycles. The quantitative estimate of drug-likeness (QED) is 0.776. The molecule has 0 aliphatic carbocycles. The highest BCUT2D eigenvalue weighted by atomic mass is 35.5. The van der Waals surface area contributed by atoms with Gasteiger partial charge in [-0.05, 0) is 43.3 Å². The third kappa shape index (κ3) is 4.27. The summed E-state index contributed by atoms with van der Waals surface area (Å²) in [5, 5.41) is 4.10. The second-order valence-corrected chi connectivity index (χ2v) is 4.78. The van der Waals surface area contributed by atoms with E-state index in [9.17, 15) is 0 Å². The van der Waals surface area contributed by atoms with Crippen LogP contribution >= 0.6 is 11.6 Å². The molecule has 0 aliphatic rings. The van der Waals surface area contributed by atoms with E-state index in [1.807, 2.05) is 42.5 Å². The average molecular weight is 276 g/mol. The lowest BCUT2D eigenvalue weighted by molar-refractivity contribution is 0.472. The van der Waals surface area contributed by atoms with Gasteiger partial charge in [0.15, 0.2) is 0 Å². The Morgan fingerprint density at radius 2 is 1.79 bits per heavy atom. The molecule has 0 saturated heterocycles. The van der Waals surface area contributed by atoms with Crippen molar-refractivity contribution < 1.29 is 4.74 Å². The van der Waals surface area contributed by atoms with Crippen LogP contribution < -0.4 is 10.1 Å². The third-order valence-electron chi connectivity index (χ3n) is 2.76. The van der Waals surface area contributed by atoms with Crippen LogP contribution in [-0.4, -0.2) is 6.54 Å². The molecule has 0 aliphatic heterocycles. The zero-order valence-electron chi connectivity index (χ0n) is 11.0. The first kappa shape index (κ1) is 13.9. The second kappa shape index (κ2) is 7.17. The van der Waals surface area contributed by atoms with Crippen molar-refractivity contribution in [2.75, 3.05) is 6.54 Å². The van der Waals surface area contributed by atoms with Crippen LogP contribution in [0.25, 0.3) is 0 Å². The van der Waals surface area contributed by atoms with Crippen LogP contribution in [0.15, 0.2) is 48.5 Å². The maximum atomic E-state index is 5.90. The van der Waals surface area contributed by atoms with Gasteiger partial charge in [-0.1, -0.05) is 36.7 Å². The number of halogens is 1. The van der Waals surface area contributed by atoms with Gasteiger partial charge in [-0.15, -0.1) is 0 Å². The Morgan fingerprint density at radius 3 is 2.53 bits per heavy atom. The van der Waals surface area contributed by atoms with Crippen molar-refractivity contribution in [3.05, 3.63) is 59.1 Å². The smallest absolute Gasteiger partial charge is 0.131 e. The van der Waals surface area contributed by atoms with Gasteiger partial charge in [0.2, 0.25) is 0 Å². The highest BCUT2D eigenvalue weighted by Gasteiger charge is 2.03. The molecule has 2 rings (SSSR count). The van der Waals surface area contributed by atoms with E-state index < -0.39 is 0 Å². The Kier molecular flexibility index (Phi) is 5.25. The molecule has 0 radical (unpaired) electrons. The van der Waals surface area contributed by atoms with Crippen molar-refractivity contribution in [1.82, 2.24) is 5.32 Å². The number of rotatable bonds is 6. The van der Waals surface area contributed by atoms with Crippen LogP contribution in [0.3, 0.4) is 0 Å². The van der Waals surface area contributed by atoms with Crippen molar-refractivity contribution in [2.45, 2.75) is 19.9 Å². The van der Waals surface area contributed by atoms with E-state index in [2.05, 4.69) is 18.3 Å². The van der Waals surface area contributed by atoms with E-state index in [4.69, 9.17) is 16.3 Å². The number of hydrogen-bond acceptors (Lipinski definition) is 2. The van der Waals surface area contributed by atoms with E-state index in [1.54, 1.807) is 0 Å². The van der Waals surface area contributed by atoms with Gasteiger partial charge in [-0.25, -0.2) is 0 Å². The third-order valence-corrected chi connectivity index (χ3v) is 3.01. The molecule has 2 nitrogen and oxygen atoms in total. The summed E-state index contributed by atoms with van der Waals surface area (Å²) in [5.74, 6) is 1.68. The predicted molar refractivity (Wildman–Crippen MR) is 80.0 cm³/mol. The summed E-state index contributed by atoms with van der Waals surface area (Å²) in [5.41, 5.74) is 1.16. The number of ether oxygens (including phenoxy) is 1. The van der Waals surface area contributed by atoms with Crippen LogP contribution in [0, 0.1) is 0 Å². The fourth-order valence-corrected chi connectivity index (χ4v) is 1.90. The van der Waals surface area contributed by atoms with E-state index in [1.165, 1.54) is 0 Å². The maximum Gasteiger partial charge on any atom is 0.131 e. The fourth-order valence-electron chi connectivity index (χ4n) is 1.78. The molecule has 0 fully saturated rings. The summed E-state index contributed by atoms with van der Waals surface area (Å²) < 4.78 is 5.90. The molecule has 2 aromatic rings. The lowest BCUT2D eigenvalue weighted by Crippen LogP contribution is -2.14. The van der Waals surface area contributed by atoms with Gasteiger partial charge in [0.25, 0.3) is 0 Å². The molecular formula is C16H18ClNO. The van der Waals surface area contributed by atoms with Gasteiger partial charge >= 0.3 is 0 Å². The molecule has 1 N–H and O–H groups in total. The number of hydrogen-bond donors (Lipinski definition) is 1. The van der Waals surface area contributed by atoms with Gasteiger partial charge in [-0.2, -0.15) is 0 Å². The molecule has 0 bridgehead atoms. The fraction of sp³-hybridized carbons (Fsp3) is 0.250. The zero-order chi connectivity index (χ0) is 13.5. The van der Waals surface area contributed by atoms with Crippen LogP contribution in [0.5, 0.6) is 11.5 Å². The van der Waals surface area contributed by atoms with E-state index in [-0.39, 0.29) is 0 Å². The maximum absolute atomic E-state index is 5.90. The van der Waals surface area contributed by atoms with E-state index in [0.29, 0.717) is 5.02 Å². The van der Waals surface area contributed by atoms with Crippen molar-refractivity contribution in [2.24, 2.45) is 0 Å². The van der Waals surface area contributed by atoms with Crippen molar-refractivity contribution in [3.63, 3.8) is 0 Å². The molecule has 0 unspecified atom stereocenters. The summed E-state index contributed by atoms with van der Waals surface area (Å²) in [6, 6.07) is 15.5. The number of benzene rings is 2. The molecule has 100 valence electrons. The summed E-state index contributed by atoms with van der Waals surface area (Å²) in [6.07, 6.45) is 1.13. The molecular weight excluding hydrogens is 258 g/mol. The molecule has 2 aromatic carbocycles. The standard InChI is InChI=1S/C16H18ClNO/c1-2-11-18-12-13-5-3-4-6-16(13)19-15-9-7-14(17)8-10-15/h3-10,18H,2,11-12H2,1H3. The molecule has 19 heavy (non-hydrogen) atoms. The first-order valence-corrected chi connectivity index (χ1v) is 6.89. The summed E-state index contributed by atoms with van der Waals surface area (Å²) in [4.78, 5) is 0. The lowest BCUT2D eigenvalue weighted by Gasteiger charge is -2.11. The Hall–Kier alpha value is -1.51. The Labute approximate surface area is 119 Å². The van der Waals surface area contributed by atoms with Crippen molar-refractivity contribution >= 4 is 11.6 Å². The highest BCUT2D eigenvalue weighted by molar-refractivity contribution is 6.30. The zero-order valence-corrected chi connectivity index (χ0v) is 11.8. The van der Waals surface area contributed by atoms with Gasteiger partial charge < -0.3 is 10.1 Å². The van der Waals surface area contributed by atoms with E-state index in [0.717, 1.165) is 36.6 Å². The first-order chi connectivity index (χ1) is 9.29. The SMILES string of the molecule is CCCNCc1ccccc1Oc1ccc(Cl)cc1. The minimum atomic E-state index is 0.713. The number of para-hydroxylation sites is 1. The van der Waals surface area contributed by atoms with Crippen LogP contribution in [0.1, 0.15) is 18.9 Å². The first-order valence-electron chi connectivity index (χ1n) is 6.51. The Bertz CT molecular complexity index is 510. The molecule has 0 saturated carbocycles. The van der Waals surface area contributed by atoms with Gasteiger partial charge in [0.1, 0.15) is 11.5 Å². The number of nitrogens with one attached hydrogen (secondary N) is 1. The van der Waals surface area contributed by atoms with Crippen molar-refractivity contribution in [1.29, 1.82) is 0 Å². The van der Waals surface area contributed by atoms with Gasteiger partial charge in [0.05, 0.1) is 0 Å².